The maximum atomic E-state index is 12.7. The van der Waals surface area contributed by atoms with Crippen molar-refractivity contribution in [2.75, 3.05) is 11.9 Å². The van der Waals surface area contributed by atoms with E-state index in [4.69, 9.17) is 0 Å². The number of amides is 2. The smallest absolute Gasteiger partial charge is 0.258 e. The molecule has 6 heteroatoms. The SMILES string of the molecule is C[Si](C)(C)C#Cc1cnc2c(c1)C(=O)N1CCC[C@H]1C(=O)N2. The van der Waals surface area contributed by atoms with E-state index >= 15 is 0 Å². The summed E-state index contributed by atoms with van der Waals surface area (Å²) in [4.78, 5) is 30.7. The van der Waals surface area contributed by atoms with Crippen molar-refractivity contribution < 1.29 is 9.59 Å². The highest BCUT2D eigenvalue weighted by atomic mass is 28.3. The molecule has 2 amide bonds. The predicted molar refractivity (Wildman–Crippen MR) is 87.1 cm³/mol. The number of rotatable bonds is 0. The van der Waals surface area contributed by atoms with Crippen molar-refractivity contribution in [2.24, 2.45) is 0 Å². The molecule has 1 N–H and O–H groups in total. The first-order chi connectivity index (χ1) is 10.3. The minimum absolute atomic E-state index is 0.125. The number of hydrogen-bond acceptors (Lipinski definition) is 3. The summed E-state index contributed by atoms with van der Waals surface area (Å²) in [5, 5.41) is 2.77. The van der Waals surface area contributed by atoms with Crippen molar-refractivity contribution in [1.29, 1.82) is 0 Å². The summed E-state index contributed by atoms with van der Waals surface area (Å²) in [6.45, 7) is 7.12. The molecule has 0 saturated carbocycles. The number of pyridine rings is 1. The van der Waals surface area contributed by atoms with E-state index in [0.29, 0.717) is 24.3 Å². The lowest BCUT2D eigenvalue weighted by Gasteiger charge is -2.19. The van der Waals surface area contributed by atoms with Gasteiger partial charge in [0.15, 0.2) is 0 Å². The fourth-order valence-corrected chi connectivity index (χ4v) is 3.21. The molecule has 3 rings (SSSR count). The van der Waals surface area contributed by atoms with Crippen LogP contribution in [0.3, 0.4) is 0 Å². The van der Waals surface area contributed by atoms with Crippen molar-refractivity contribution >= 4 is 25.7 Å². The van der Waals surface area contributed by atoms with Gasteiger partial charge < -0.3 is 10.2 Å². The first kappa shape index (κ1) is 14.8. The van der Waals surface area contributed by atoms with Crippen molar-refractivity contribution in [3.8, 4) is 11.5 Å². The Hall–Kier alpha value is -2.13. The molecule has 0 spiro atoms. The molecule has 2 aliphatic heterocycles. The minimum atomic E-state index is -1.49. The lowest BCUT2D eigenvalue weighted by molar-refractivity contribution is -0.119. The average molecular weight is 313 g/mol. The Morgan fingerprint density at radius 3 is 2.86 bits per heavy atom. The van der Waals surface area contributed by atoms with Gasteiger partial charge in [-0.25, -0.2) is 4.98 Å². The number of aromatic nitrogens is 1. The third kappa shape index (κ3) is 2.77. The summed E-state index contributed by atoms with van der Waals surface area (Å²) >= 11 is 0. The van der Waals surface area contributed by atoms with E-state index in [2.05, 4.69) is 41.4 Å². The van der Waals surface area contributed by atoms with E-state index in [9.17, 15) is 9.59 Å². The van der Waals surface area contributed by atoms with Crippen molar-refractivity contribution in [1.82, 2.24) is 9.88 Å². The van der Waals surface area contributed by atoms with Crippen LogP contribution in [-0.4, -0.2) is 42.4 Å². The molecule has 5 nitrogen and oxygen atoms in total. The summed E-state index contributed by atoms with van der Waals surface area (Å²) in [6, 6.07) is 1.39. The van der Waals surface area contributed by atoms with Crippen LogP contribution in [0.2, 0.25) is 19.6 Å². The molecule has 1 aromatic rings. The van der Waals surface area contributed by atoms with Gasteiger partial charge in [-0.3, -0.25) is 9.59 Å². The van der Waals surface area contributed by atoms with Gasteiger partial charge in [-0.05, 0) is 18.9 Å². The maximum absolute atomic E-state index is 12.7. The van der Waals surface area contributed by atoms with Crippen molar-refractivity contribution in [3.05, 3.63) is 23.4 Å². The van der Waals surface area contributed by atoms with Gasteiger partial charge in [0.2, 0.25) is 5.91 Å². The first-order valence-electron chi connectivity index (χ1n) is 7.50. The molecule has 0 aliphatic carbocycles. The van der Waals surface area contributed by atoms with E-state index in [0.717, 1.165) is 12.0 Å². The summed E-state index contributed by atoms with van der Waals surface area (Å²) < 4.78 is 0. The molecule has 0 radical (unpaired) electrons. The second-order valence-corrected chi connectivity index (χ2v) is 11.5. The fourth-order valence-electron chi connectivity index (χ4n) is 2.69. The first-order valence-corrected chi connectivity index (χ1v) is 11.0. The second kappa shape index (κ2) is 5.25. The van der Waals surface area contributed by atoms with Crippen LogP contribution in [0.25, 0.3) is 0 Å². The molecule has 1 aromatic heterocycles. The molecular formula is C16H19N3O2Si. The third-order valence-corrected chi connectivity index (χ3v) is 4.63. The lowest BCUT2D eigenvalue weighted by Crippen LogP contribution is -2.40. The highest BCUT2D eigenvalue weighted by Crippen LogP contribution is 2.27. The van der Waals surface area contributed by atoms with Crippen LogP contribution < -0.4 is 5.32 Å². The number of fused-ring (bicyclic) bond motifs is 2. The fraction of sp³-hybridized carbons (Fsp3) is 0.438. The molecule has 22 heavy (non-hydrogen) atoms. The van der Waals surface area contributed by atoms with Crippen LogP contribution in [0.4, 0.5) is 5.82 Å². The van der Waals surface area contributed by atoms with Crippen LogP contribution in [0.15, 0.2) is 12.3 Å². The predicted octanol–water partition coefficient (Wildman–Crippen LogP) is 1.87. The Morgan fingerprint density at radius 1 is 1.36 bits per heavy atom. The minimum Gasteiger partial charge on any atom is -0.326 e. The topological polar surface area (TPSA) is 62.3 Å². The maximum Gasteiger partial charge on any atom is 0.258 e. The van der Waals surface area contributed by atoms with Gasteiger partial charge in [-0.2, -0.15) is 0 Å². The van der Waals surface area contributed by atoms with E-state index in [-0.39, 0.29) is 17.9 Å². The molecule has 0 aromatic carbocycles. The Bertz CT molecular complexity index is 712. The zero-order valence-electron chi connectivity index (χ0n) is 13.1. The monoisotopic (exact) mass is 313 g/mol. The van der Waals surface area contributed by atoms with Crippen molar-refractivity contribution in [2.45, 2.75) is 38.5 Å². The van der Waals surface area contributed by atoms with Gasteiger partial charge in [-0.15, -0.1) is 5.54 Å². The zero-order valence-corrected chi connectivity index (χ0v) is 14.1. The van der Waals surface area contributed by atoms with Crippen LogP contribution in [0, 0.1) is 11.5 Å². The number of carbonyl (C=O) groups is 2. The summed E-state index contributed by atoms with van der Waals surface area (Å²) in [6.07, 6.45) is 3.20. The molecule has 3 heterocycles. The van der Waals surface area contributed by atoms with Gasteiger partial charge in [0, 0.05) is 18.3 Å². The van der Waals surface area contributed by atoms with Crippen LogP contribution in [-0.2, 0) is 4.79 Å². The summed E-state index contributed by atoms with van der Waals surface area (Å²) in [5.41, 5.74) is 4.44. The van der Waals surface area contributed by atoms with E-state index in [1.807, 2.05) is 0 Å². The van der Waals surface area contributed by atoms with E-state index < -0.39 is 8.07 Å². The van der Waals surface area contributed by atoms with E-state index in [1.54, 1.807) is 17.2 Å². The highest BCUT2D eigenvalue weighted by molar-refractivity contribution is 6.83. The molecule has 0 bridgehead atoms. The highest BCUT2D eigenvalue weighted by Gasteiger charge is 2.38. The van der Waals surface area contributed by atoms with Crippen LogP contribution >= 0.6 is 0 Å². The third-order valence-electron chi connectivity index (χ3n) is 3.76. The Balaban J connectivity index is 2.01. The quantitative estimate of drug-likeness (QED) is 0.587. The average Bonchev–Trinajstić information content (AvgIpc) is 2.90. The normalized spacial score (nSPS) is 20.5. The molecule has 1 fully saturated rings. The number of nitrogens with one attached hydrogen (secondary N) is 1. The van der Waals surface area contributed by atoms with E-state index in [1.165, 1.54) is 0 Å². The number of hydrogen-bond donors (Lipinski definition) is 1. The van der Waals surface area contributed by atoms with Gasteiger partial charge in [0.1, 0.15) is 19.9 Å². The van der Waals surface area contributed by atoms with Crippen LogP contribution in [0.1, 0.15) is 28.8 Å². The molecule has 0 unspecified atom stereocenters. The van der Waals surface area contributed by atoms with Gasteiger partial charge >= 0.3 is 0 Å². The molecule has 2 aliphatic rings. The molecule has 114 valence electrons. The van der Waals surface area contributed by atoms with Gasteiger partial charge in [0.05, 0.1) is 5.56 Å². The lowest BCUT2D eigenvalue weighted by atomic mass is 10.1. The zero-order chi connectivity index (χ0) is 15.9. The Labute approximate surface area is 131 Å². The number of carbonyl (C=O) groups excluding carboxylic acids is 2. The second-order valence-electron chi connectivity index (χ2n) is 6.77. The standard InChI is InChI=1S/C16H19N3O2Si/c1-22(2,3)8-6-11-9-12-14(17-10-11)18-15(20)13-5-4-7-19(13)16(12)21/h9-10,13H,4-5,7H2,1-3H3,(H,17,18,20)/t13-/m0/s1. The largest absolute Gasteiger partial charge is 0.326 e. The number of anilines is 1. The van der Waals surface area contributed by atoms with Crippen LogP contribution in [0.5, 0.6) is 0 Å². The summed E-state index contributed by atoms with van der Waals surface area (Å²) in [5.74, 6) is 3.20. The Morgan fingerprint density at radius 2 is 2.14 bits per heavy atom. The Kier molecular flexibility index (Phi) is 3.53. The number of nitrogens with zero attached hydrogens (tertiary/aromatic N) is 2. The van der Waals surface area contributed by atoms with Gasteiger partial charge in [-0.1, -0.05) is 25.6 Å². The van der Waals surface area contributed by atoms with Crippen molar-refractivity contribution in [3.63, 3.8) is 0 Å². The van der Waals surface area contributed by atoms with Gasteiger partial charge in [0.25, 0.3) is 5.91 Å². The molecular weight excluding hydrogens is 294 g/mol. The molecule has 1 atom stereocenters. The summed E-state index contributed by atoms with van der Waals surface area (Å²) in [7, 11) is -1.49. The molecule has 1 saturated heterocycles.